The topological polar surface area (TPSA) is 49.2 Å². The van der Waals surface area contributed by atoms with E-state index in [0.29, 0.717) is 18.1 Å². The third kappa shape index (κ3) is 2.44. The molecule has 0 spiro atoms. The van der Waals surface area contributed by atoms with E-state index in [0.717, 1.165) is 6.54 Å². The minimum atomic E-state index is -0.0401. The van der Waals surface area contributed by atoms with Crippen molar-refractivity contribution in [2.45, 2.75) is 13.5 Å². The summed E-state index contributed by atoms with van der Waals surface area (Å²) in [4.78, 5) is 10.1. The van der Waals surface area contributed by atoms with Gasteiger partial charge in [0.05, 0.1) is 13.2 Å². The molecule has 0 aliphatic carbocycles. The van der Waals surface area contributed by atoms with E-state index in [9.17, 15) is 0 Å². The van der Waals surface area contributed by atoms with Crippen LogP contribution in [0.4, 0.5) is 5.95 Å². The van der Waals surface area contributed by atoms with Gasteiger partial charge in [-0.2, -0.15) is 0 Å². The van der Waals surface area contributed by atoms with Crippen LogP contribution in [-0.2, 0) is 6.61 Å². The minimum absolute atomic E-state index is 0.0401. The number of aliphatic hydroxyl groups is 1. The van der Waals surface area contributed by atoms with Gasteiger partial charge in [0.25, 0.3) is 0 Å². The van der Waals surface area contributed by atoms with Gasteiger partial charge in [-0.3, -0.25) is 0 Å². The van der Waals surface area contributed by atoms with Gasteiger partial charge in [-0.05, 0) is 6.92 Å². The standard InChI is InChI=1S/C10H13N3O/c1-3-5-13(4-2)10-11-6-9(8-14)7-12-10/h1,6-7,14H,4-5,8H2,2H3. The Morgan fingerprint density at radius 1 is 1.50 bits per heavy atom. The van der Waals surface area contributed by atoms with Gasteiger partial charge >= 0.3 is 0 Å². The highest BCUT2D eigenvalue weighted by Crippen LogP contribution is 2.05. The molecule has 1 heterocycles. The molecule has 0 bridgehead atoms. The van der Waals surface area contributed by atoms with Gasteiger partial charge in [0, 0.05) is 24.5 Å². The molecular formula is C10H13N3O. The van der Waals surface area contributed by atoms with Gasteiger partial charge in [-0.25, -0.2) is 9.97 Å². The van der Waals surface area contributed by atoms with E-state index in [1.807, 2.05) is 11.8 Å². The van der Waals surface area contributed by atoms with Crippen molar-refractivity contribution in [1.29, 1.82) is 0 Å². The van der Waals surface area contributed by atoms with E-state index in [4.69, 9.17) is 11.5 Å². The summed E-state index contributed by atoms with van der Waals surface area (Å²) in [7, 11) is 0. The summed E-state index contributed by atoms with van der Waals surface area (Å²) in [5.74, 6) is 3.14. The molecule has 0 fully saturated rings. The monoisotopic (exact) mass is 191 g/mol. The molecule has 0 saturated heterocycles. The lowest BCUT2D eigenvalue weighted by Gasteiger charge is -2.17. The number of nitrogens with zero attached hydrogens (tertiary/aromatic N) is 3. The molecule has 1 rings (SSSR count). The Morgan fingerprint density at radius 3 is 2.57 bits per heavy atom. The summed E-state index contributed by atoms with van der Waals surface area (Å²) in [5, 5.41) is 8.80. The summed E-state index contributed by atoms with van der Waals surface area (Å²) in [6.45, 7) is 3.21. The first kappa shape index (κ1) is 10.5. The quantitative estimate of drug-likeness (QED) is 0.701. The molecule has 1 aromatic rings. The van der Waals surface area contributed by atoms with Crippen LogP contribution >= 0.6 is 0 Å². The van der Waals surface area contributed by atoms with E-state index < -0.39 is 0 Å². The van der Waals surface area contributed by atoms with Crippen molar-refractivity contribution in [3.63, 3.8) is 0 Å². The first-order valence-corrected chi connectivity index (χ1v) is 4.42. The van der Waals surface area contributed by atoms with Crippen LogP contribution in [0.25, 0.3) is 0 Å². The molecule has 4 nitrogen and oxygen atoms in total. The van der Waals surface area contributed by atoms with Crippen molar-refractivity contribution < 1.29 is 5.11 Å². The van der Waals surface area contributed by atoms with Crippen LogP contribution in [0.15, 0.2) is 12.4 Å². The average Bonchev–Trinajstić information content (AvgIpc) is 2.26. The third-order valence-electron chi connectivity index (χ3n) is 1.82. The SMILES string of the molecule is C#CCN(CC)c1ncc(CO)cn1. The maximum Gasteiger partial charge on any atom is 0.226 e. The van der Waals surface area contributed by atoms with E-state index in [1.54, 1.807) is 12.4 Å². The van der Waals surface area contributed by atoms with Crippen LogP contribution in [0.2, 0.25) is 0 Å². The number of hydrogen-bond acceptors (Lipinski definition) is 4. The Morgan fingerprint density at radius 2 is 2.14 bits per heavy atom. The first-order valence-electron chi connectivity index (χ1n) is 4.42. The third-order valence-corrected chi connectivity index (χ3v) is 1.82. The zero-order valence-electron chi connectivity index (χ0n) is 8.14. The number of aliphatic hydroxyl groups excluding tert-OH is 1. The molecular weight excluding hydrogens is 178 g/mol. The van der Waals surface area contributed by atoms with E-state index in [1.165, 1.54) is 0 Å². The maximum absolute atomic E-state index is 8.80. The lowest BCUT2D eigenvalue weighted by molar-refractivity contribution is 0.281. The number of rotatable bonds is 4. The van der Waals surface area contributed by atoms with Gasteiger partial charge in [0.1, 0.15) is 0 Å². The molecule has 0 atom stereocenters. The molecule has 1 aromatic heterocycles. The van der Waals surface area contributed by atoms with Gasteiger partial charge < -0.3 is 10.0 Å². The van der Waals surface area contributed by atoms with Crippen molar-refractivity contribution >= 4 is 5.95 Å². The second-order valence-electron chi connectivity index (χ2n) is 2.77. The van der Waals surface area contributed by atoms with Crippen molar-refractivity contribution in [3.8, 4) is 12.3 Å². The zero-order chi connectivity index (χ0) is 10.4. The molecule has 0 saturated carbocycles. The van der Waals surface area contributed by atoms with Gasteiger partial charge in [0.15, 0.2) is 0 Å². The van der Waals surface area contributed by atoms with Crippen LogP contribution in [0.5, 0.6) is 0 Å². The summed E-state index contributed by atoms with van der Waals surface area (Å²) in [5.41, 5.74) is 0.700. The van der Waals surface area contributed by atoms with Gasteiger partial charge in [0.2, 0.25) is 5.95 Å². The summed E-state index contributed by atoms with van der Waals surface area (Å²) in [6, 6.07) is 0. The fourth-order valence-electron chi connectivity index (χ4n) is 1.03. The van der Waals surface area contributed by atoms with Crippen LogP contribution in [0, 0.1) is 12.3 Å². The molecule has 0 unspecified atom stereocenters. The summed E-state index contributed by atoms with van der Waals surface area (Å²) >= 11 is 0. The second-order valence-corrected chi connectivity index (χ2v) is 2.77. The fraction of sp³-hybridized carbons (Fsp3) is 0.400. The number of terminal acetylenes is 1. The minimum Gasteiger partial charge on any atom is -0.392 e. The first-order chi connectivity index (χ1) is 6.81. The maximum atomic E-state index is 8.80. The Balaban J connectivity index is 2.79. The predicted octanol–water partition coefficient (Wildman–Crippen LogP) is 0.428. The molecule has 0 radical (unpaired) electrons. The smallest absolute Gasteiger partial charge is 0.226 e. The summed E-state index contributed by atoms with van der Waals surface area (Å²) < 4.78 is 0. The van der Waals surface area contributed by atoms with Gasteiger partial charge in [-0.1, -0.05) is 5.92 Å². The summed E-state index contributed by atoms with van der Waals surface area (Å²) in [6.07, 6.45) is 8.41. The van der Waals surface area contributed by atoms with Crippen LogP contribution in [-0.4, -0.2) is 28.2 Å². The second kappa shape index (κ2) is 5.20. The van der Waals surface area contributed by atoms with E-state index in [2.05, 4.69) is 15.9 Å². The number of aromatic nitrogens is 2. The molecule has 14 heavy (non-hydrogen) atoms. The number of anilines is 1. The predicted molar refractivity (Wildman–Crippen MR) is 54.7 cm³/mol. The van der Waals surface area contributed by atoms with E-state index in [-0.39, 0.29) is 6.61 Å². The Kier molecular flexibility index (Phi) is 3.89. The Labute approximate surface area is 83.6 Å². The zero-order valence-corrected chi connectivity index (χ0v) is 8.14. The van der Waals surface area contributed by atoms with Crippen LogP contribution in [0.1, 0.15) is 12.5 Å². The molecule has 0 aliphatic heterocycles. The Bertz CT molecular complexity index is 315. The highest BCUT2D eigenvalue weighted by atomic mass is 16.3. The lowest BCUT2D eigenvalue weighted by Crippen LogP contribution is -2.24. The normalized spacial score (nSPS) is 9.50. The highest BCUT2D eigenvalue weighted by Gasteiger charge is 2.04. The van der Waals surface area contributed by atoms with E-state index >= 15 is 0 Å². The molecule has 0 aliphatic rings. The van der Waals surface area contributed by atoms with Crippen LogP contribution < -0.4 is 4.90 Å². The van der Waals surface area contributed by atoms with Gasteiger partial charge in [-0.15, -0.1) is 6.42 Å². The average molecular weight is 191 g/mol. The fourth-order valence-corrected chi connectivity index (χ4v) is 1.03. The Hall–Kier alpha value is -1.60. The largest absolute Gasteiger partial charge is 0.392 e. The molecule has 74 valence electrons. The number of hydrogen-bond donors (Lipinski definition) is 1. The highest BCUT2D eigenvalue weighted by molar-refractivity contribution is 5.31. The van der Waals surface area contributed by atoms with Crippen molar-refractivity contribution in [3.05, 3.63) is 18.0 Å². The molecule has 1 N–H and O–H groups in total. The lowest BCUT2D eigenvalue weighted by atomic mass is 10.4. The van der Waals surface area contributed by atoms with Crippen LogP contribution in [0.3, 0.4) is 0 Å². The molecule has 4 heteroatoms. The van der Waals surface area contributed by atoms with Crippen molar-refractivity contribution in [1.82, 2.24) is 9.97 Å². The van der Waals surface area contributed by atoms with Crippen molar-refractivity contribution in [2.75, 3.05) is 18.0 Å². The molecule has 0 aromatic carbocycles. The molecule has 0 amide bonds. The van der Waals surface area contributed by atoms with Crippen molar-refractivity contribution in [2.24, 2.45) is 0 Å².